The number of anilines is 4. The molecule has 8 N–H and O–H groups in total. The number of fused-ring (bicyclic) bond motifs is 3. The topological polar surface area (TPSA) is 351 Å². The molecule has 0 fully saturated rings. The highest BCUT2D eigenvalue weighted by Gasteiger charge is 2.35. The molecule has 5 aromatic carbocycles. The van der Waals surface area contributed by atoms with Crippen LogP contribution in [0.15, 0.2) is 121 Å². The second-order valence-corrected chi connectivity index (χ2v) is 19.1. The largest absolute Gasteiger partial charge is 0.494 e. The van der Waals surface area contributed by atoms with Crippen molar-refractivity contribution in [3.8, 4) is 5.75 Å². The number of nitrogens with zero attached hydrogens (tertiary/aromatic N) is 2. The van der Waals surface area contributed by atoms with Gasteiger partial charge in [-0.15, -0.1) is 0 Å². The Morgan fingerprint density at radius 3 is 1.48 bits per heavy atom. The standard InChI is InChI=1S/C38H28N6O16S4/c1-60-31-18-27(62(51,52)53)8-11-30(31)42-44-35-33(64(57,58)59)17-22-14-24(6-10-29(22)37(35)46)40-38(47)39-23-5-9-28-21(13-23)16-32(63(54,55)56)34(36(28)45)43-41-25-4-2-20-15-26(61(48,49)50)7-3-19(20)12-25/h2-18,41-42H,1H3,(H2,39,40,47)(H,48,49,50)(H,51,52,53)(H,54,55,56)(H,57,58,59)/b43-34+,44-35+. The molecule has 0 bridgehead atoms. The van der Waals surface area contributed by atoms with Gasteiger partial charge in [0, 0.05) is 28.6 Å². The van der Waals surface area contributed by atoms with E-state index in [2.05, 4.69) is 31.7 Å². The maximum Gasteiger partial charge on any atom is 0.323 e. The van der Waals surface area contributed by atoms with Crippen LogP contribution >= 0.6 is 0 Å². The first kappa shape index (κ1) is 44.9. The van der Waals surface area contributed by atoms with E-state index in [1.165, 1.54) is 66.7 Å². The van der Waals surface area contributed by atoms with Crippen LogP contribution in [-0.2, 0) is 40.5 Å². The summed E-state index contributed by atoms with van der Waals surface area (Å²) in [6.07, 6.45) is 1.86. The van der Waals surface area contributed by atoms with Gasteiger partial charge < -0.3 is 15.4 Å². The lowest BCUT2D eigenvalue weighted by Gasteiger charge is -2.18. The Morgan fingerprint density at radius 1 is 0.531 bits per heavy atom. The highest BCUT2D eigenvalue weighted by atomic mass is 32.2. The molecule has 0 radical (unpaired) electrons. The molecule has 0 saturated heterocycles. The zero-order valence-electron chi connectivity index (χ0n) is 32.0. The molecule has 26 heteroatoms. The van der Waals surface area contributed by atoms with Gasteiger partial charge >= 0.3 is 6.03 Å². The molecule has 22 nitrogen and oxygen atoms in total. The number of urea groups is 1. The molecule has 7 rings (SSSR count). The van der Waals surface area contributed by atoms with Gasteiger partial charge in [0.15, 0.2) is 11.4 Å². The molecule has 2 amide bonds. The van der Waals surface area contributed by atoms with E-state index in [-0.39, 0.29) is 55.6 Å². The number of allylic oxidation sites excluding steroid dienone is 2. The number of benzene rings is 5. The quantitative estimate of drug-likeness (QED) is 0.0652. The van der Waals surface area contributed by atoms with Crippen molar-refractivity contribution in [2.75, 3.05) is 28.6 Å². The molecule has 330 valence electrons. The summed E-state index contributed by atoms with van der Waals surface area (Å²) in [7, 11) is -18.1. The number of hydrogen-bond acceptors (Lipinski definition) is 16. The monoisotopic (exact) mass is 952 g/mol. The van der Waals surface area contributed by atoms with Gasteiger partial charge in [-0.3, -0.25) is 38.7 Å². The van der Waals surface area contributed by atoms with Gasteiger partial charge in [-0.05, 0) is 107 Å². The van der Waals surface area contributed by atoms with Crippen LogP contribution < -0.4 is 26.2 Å². The lowest BCUT2D eigenvalue weighted by atomic mass is 9.94. The molecule has 0 spiro atoms. The predicted molar refractivity (Wildman–Crippen MR) is 232 cm³/mol. The van der Waals surface area contributed by atoms with Crippen molar-refractivity contribution >= 4 is 115 Å². The smallest absolute Gasteiger partial charge is 0.323 e. The first-order valence-corrected chi connectivity index (χ1v) is 23.4. The minimum atomic E-state index is -5.12. The second kappa shape index (κ2) is 16.5. The maximum atomic E-state index is 13.5. The van der Waals surface area contributed by atoms with Crippen molar-refractivity contribution in [3.63, 3.8) is 0 Å². The number of ether oxygens (including phenoxy) is 1. The fraction of sp³-hybridized carbons (Fsp3) is 0.0263. The summed E-state index contributed by atoms with van der Waals surface area (Å²) in [4.78, 5) is 37.4. The molecule has 2 aliphatic carbocycles. The van der Waals surface area contributed by atoms with Crippen LogP contribution in [-0.4, -0.2) is 88.0 Å². The van der Waals surface area contributed by atoms with E-state index < -0.39 is 84.2 Å². The third-order valence-electron chi connectivity index (χ3n) is 9.30. The third-order valence-corrected chi connectivity index (χ3v) is 12.7. The summed E-state index contributed by atoms with van der Waals surface area (Å²) >= 11 is 0. The number of Topliss-reactive ketones (excluding diaryl/α,β-unsaturated/α-hetero) is 2. The molecule has 5 aromatic rings. The van der Waals surface area contributed by atoms with Gasteiger partial charge in [0.2, 0.25) is 11.6 Å². The minimum absolute atomic E-state index is 0.0153. The molecule has 0 saturated carbocycles. The highest BCUT2D eigenvalue weighted by Crippen LogP contribution is 2.32. The van der Waals surface area contributed by atoms with Gasteiger partial charge in [0.1, 0.15) is 15.6 Å². The van der Waals surface area contributed by atoms with Crippen molar-refractivity contribution in [1.29, 1.82) is 0 Å². The van der Waals surface area contributed by atoms with Crippen molar-refractivity contribution in [2.24, 2.45) is 10.2 Å². The number of hydrogen-bond donors (Lipinski definition) is 8. The summed E-state index contributed by atoms with van der Waals surface area (Å²) in [5.41, 5.74) is 3.41. The van der Waals surface area contributed by atoms with Crippen LogP contribution in [0.5, 0.6) is 5.75 Å². The van der Waals surface area contributed by atoms with E-state index in [0.717, 1.165) is 43.5 Å². The van der Waals surface area contributed by atoms with Crippen LogP contribution in [0, 0.1) is 0 Å². The van der Waals surface area contributed by atoms with Gasteiger partial charge in [0.25, 0.3) is 40.5 Å². The number of methoxy groups -OCH3 is 1. The van der Waals surface area contributed by atoms with Crippen molar-refractivity contribution in [3.05, 3.63) is 123 Å². The molecule has 0 aromatic heterocycles. The Balaban J connectivity index is 1.09. The van der Waals surface area contributed by atoms with E-state index in [0.29, 0.717) is 10.8 Å². The third kappa shape index (κ3) is 9.43. The van der Waals surface area contributed by atoms with E-state index >= 15 is 0 Å². The molecule has 64 heavy (non-hydrogen) atoms. The Labute approximate surface area is 362 Å². The van der Waals surface area contributed by atoms with Gasteiger partial charge in [0.05, 0.1) is 28.3 Å². The summed E-state index contributed by atoms with van der Waals surface area (Å²) in [6, 6.07) is 17.8. The van der Waals surface area contributed by atoms with Crippen LogP contribution in [0.1, 0.15) is 31.8 Å². The number of amides is 2. The molecular weight excluding hydrogens is 925 g/mol. The van der Waals surface area contributed by atoms with Gasteiger partial charge in [-0.1, -0.05) is 12.1 Å². The zero-order valence-corrected chi connectivity index (χ0v) is 35.3. The summed E-state index contributed by atoms with van der Waals surface area (Å²) < 4.78 is 140. The van der Waals surface area contributed by atoms with E-state index in [9.17, 15) is 66.3 Å². The van der Waals surface area contributed by atoms with E-state index in [1.54, 1.807) is 0 Å². The first-order valence-electron chi connectivity index (χ1n) is 17.6. The molecule has 0 atom stereocenters. The Hall–Kier alpha value is -7.17. The fourth-order valence-electron chi connectivity index (χ4n) is 6.34. The highest BCUT2D eigenvalue weighted by molar-refractivity contribution is 7.91. The molecule has 0 aliphatic heterocycles. The predicted octanol–water partition coefficient (Wildman–Crippen LogP) is 4.77. The number of nitrogens with one attached hydrogen (secondary N) is 4. The SMILES string of the molecule is COc1cc(S(=O)(=O)O)ccc1N/N=C1/C(=O)c2ccc(NC(=O)Nc3ccc4c(c3)C=C(S(=O)(=O)O)/C(=N\Nc3ccc5cc(S(=O)(=O)O)ccc5c3)C4=O)cc2C=C1S(=O)(=O)O. The number of rotatable bonds is 11. The normalized spacial score (nSPS) is 15.5. The average Bonchev–Trinajstić information content (AvgIpc) is 3.21. The Kier molecular flexibility index (Phi) is 11.6. The second-order valence-electron chi connectivity index (χ2n) is 13.5. The Morgan fingerprint density at radius 2 is 0.984 bits per heavy atom. The molecule has 0 unspecified atom stereocenters. The minimum Gasteiger partial charge on any atom is -0.494 e. The molecule has 0 heterocycles. The Bertz CT molecular complexity index is 3490. The van der Waals surface area contributed by atoms with E-state index in [4.69, 9.17) is 4.74 Å². The van der Waals surface area contributed by atoms with E-state index in [1.807, 2.05) is 0 Å². The molecule has 2 aliphatic rings. The van der Waals surface area contributed by atoms with Crippen molar-refractivity contribution < 1.29 is 71.0 Å². The van der Waals surface area contributed by atoms with Crippen LogP contribution in [0.25, 0.3) is 22.9 Å². The number of hydrazone groups is 2. The van der Waals surface area contributed by atoms with Crippen LogP contribution in [0.3, 0.4) is 0 Å². The summed E-state index contributed by atoms with van der Waals surface area (Å²) in [6.45, 7) is 0. The number of carbonyl (C=O) groups excluding carboxylic acids is 3. The fourth-order valence-corrected chi connectivity index (χ4v) is 8.67. The van der Waals surface area contributed by atoms with Crippen molar-refractivity contribution in [2.45, 2.75) is 9.79 Å². The summed E-state index contributed by atoms with van der Waals surface area (Å²) in [5, 5.41) is 13.6. The lowest BCUT2D eigenvalue weighted by Crippen LogP contribution is -2.27. The molecular formula is C38H28N6O16S4. The van der Waals surface area contributed by atoms with Crippen LogP contribution in [0.2, 0.25) is 0 Å². The van der Waals surface area contributed by atoms with Crippen LogP contribution in [0.4, 0.5) is 27.5 Å². The first-order chi connectivity index (χ1) is 29.9. The summed E-state index contributed by atoms with van der Waals surface area (Å²) in [5.74, 6) is -2.08. The number of ketones is 2. The number of carbonyl (C=O) groups is 3. The van der Waals surface area contributed by atoms with Crippen molar-refractivity contribution in [1.82, 2.24) is 0 Å². The van der Waals surface area contributed by atoms with Gasteiger partial charge in [-0.2, -0.15) is 43.9 Å². The lowest BCUT2D eigenvalue weighted by molar-refractivity contribution is 0.105. The average molecular weight is 953 g/mol. The maximum absolute atomic E-state index is 13.5. The van der Waals surface area contributed by atoms with Gasteiger partial charge in [-0.25, -0.2) is 4.79 Å². The zero-order chi connectivity index (χ0) is 46.5.